The predicted molar refractivity (Wildman–Crippen MR) is 104 cm³/mol. The maximum Gasteiger partial charge on any atom is 0.278 e. The van der Waals surface area contributed by atoms with Crippen molar-refractivity contribution in [3.05, 3.63) is 57.1 Å². The number of thiophene rings is 1. The van der Waals surface area contributed by atoms with Crippen molar-refractivity contribution in [2.24, 2.45) is 5.73 Å². The molecule has 0 bridgehead atoms. The number of aryl methyl sites for hydroxylation is 1. The van der Waals surface area contributed by atoms with Gasteiger partial charge in [-0.05, 0) is 43.4 Å². The monoisotopic (exact) mass is 401 g/mol. The van der Waals surface area contributed by atoms with Crippen molar-refractivity contribution in [2.45, 2.75) is 25.7 Å². The molecule has 0 unspecified atom stereocenters. The first-order chi connectivity index (χ1) is 13.0. The van der Waals surface area contributed by atoms with E-state index in [0.717, 1.165) is 36.1 Å². The van der Waals surface area contributed by atoms with Crippen LogP contribution < -0.4 is 11.1 Å². The summed E-state index contributed by atoms with van der Waals surface area (Å²) < 4.78 is 5.27. The number of anilines is 1. The molecule has 2 aromatic heterocycles. The maximum absolute atomic E-state index is 12.6. The van der Waals surface area contributed by atoms with E-state index in [0.29, 0.717) is 26.9 Å². The Hall–Kier alpha value is -2.64. The van der Waals surface area contributed by atoms with Crippen LogP contribution in [0.1, 0.15) is 44.1 Å². The van der Waals surface area contributed by atoms with Gasteiger partial charge in [0, 0.05) is 16.5 Å². The van der Waals surface area contributed by atoms with Crippen molar-refractivity contribution in [1.82, 2.24) is 5.16 Å². The highest BCUT2D eigenvalue weighted by atomic mass is 35.5. The van der Waals surface area contributed by atoms with Crippen molar-refractivity contribution in [3.63, 3.8) is 0 Å². The molecular formula is C19H16ClN3O3S. The van der Waals surface area contributed by atoms with E-state index in [9.17, 15) is 9.59 Å². The number of hydrogen-bond acceptors (Lipinski definition) is 5. The van der Waals surface area contributed by atoms with Gasteiger partial charge in [-0.1, -0.05) is 28.9 Å². The number of nitrogens with one attached hydrogen (secondary N) is 1. The molecule has 2 amide bonds. The minimum absolute atomic E-state index is 0.103. The van der Waals surface area contributed by atoms with Crippen LogP contribution >= 0.6 is 22.9 Å². The van der Waals surface area contributed by atoms with Gasteiger partial charge < -0.3 is 15.6 Å². The molecule has 1 aliphatic carbocycles. The maximum atomic E-state index is 12.6. The highest BCUT2D eigenvalue weighted by molar-refractivity contribution is 7.17. The topological polar surface area (TPSA) is 98.2 Å². The van der Waals surface area contributed by atoms with Gasteiger partial charge in [0.05, 0.1) is 10.6 Å². The van der Waals surface area contributed by atoms with Crippen LogP contribution in [-0.4, -0.2) is 17.0 Å². The summed E-state index contributed by atoms with van der Waals surface area (Å²) in [5.41, 5.74) is 7.69. The molecule has 27 heavy (non-hydrogen) atoms. The highest BCUT2D eigenvalue weighted by Crippen LogP contribution is 2.38. The second-order valence-electron chi connectivity index (χ2n) is 6.29. The number of carbonyl (C=O) groups excluding carboxylic acids is 2. The Bertz CT molecular complexity index is 1040. The molecule has 2 heterocycles. The molecule has 1 aliphatic rings. The van der Waals surface area contributed by atoms with Crippen molar-refractivity contribution in [1.29, 1.82) is 0 Å². The van der Waals surface area contributed by atoms with Crippen LogP contribution in [0.15, 0.2) is 34.9 Å². The van der Waals surface area contributed by atoms with E-state index < -0.39 is 11.8 Å². The van der Waals surface area contributed by atoms with Gasteiger partial charge in [0.2, 0.25) is 0 Å². The first-order valence-corrected chi connectivity index (χ1v) is 9.71. The van der Waals surface area contributed by atoms with E-state index in [4.69, 9.17) is 21.9 Å². The molecule has 0 saturated carbocycles. The molecule has 8 heteroatoms. The highest BCUT2D eigenvalue weighted by Gasteiger charge is 2.26. The van der Waals surface area contributed by atoms with Crippen molar-refractivity contribution >= 4 is 39.8 Å². The molecular weight excluding hydrogens is 386 g/mol. The summed E-state index contributed by atoms with van der Waals surface area (Å²) in [6.45, 7) is 0. The first-order valence-electron chi connectivity index (χ1n) is 8.52. The lowest BCUT2D eigenvalue weighted by Gasteiger charge is -2.11. The molecule has 6 nitrogen and oxygen atoms in total. The van der Waals surface area contributed by atoms with Gasteiger partial charge >= 0.3 is 0 Å². The summed E-state index contributed by atoms with van der Waals surface area (Å²) in [7, 11) is 0. The van der Waals surface area contributed by atoms with Crippen molar-refractivity contribution in [3.8, 4) is 11.3 Å². The largest absolute Gasteiger partial charge is 0.365 e. The number of aromatic nitrogens is 1. The Balaban J connectivity index is 1.61. The van der Waals surface area contributed by atoms with E-state index in [1.54, 1.807) is 18.2 Å². The summed E-state index contributed by atoms with van der Waals surface area (Å²) in [6.07, 6.45) is 3.79. The van der Waals surface area contributed by atoms with Gasteiger partial charge in [0.25, 0.3) is 11.8 Å². The number of rotatable bonds is 4. The summed E-state index contributed by atoms with van der Waals surface area (Å²) in [5, 5.41) is 7.57. The third-order valence-corrected chi connectivity index (χ3v) is 6.06. The molecule has 1 aromatic carbocycles. The van der Waals surface area contributed by atoms with Crippen LogP contribution in [0.3, 0.4) is 0 Å². The van der Waals surface area contributed by atoms with E-state index in [1.165, 1.54) is 17.4 Å². The minimum atomic E-state index is -0.526. The molecule has 0 aliphatic heterocycles. The lowest BCUT2D eigenvalue weighted by atomic mass is 9.95. The summed E-state index contributed by atoms with van der Waals surface area (Å²) >= 11 is 7.56. The van der Waals surface area contributed by atoms with Gasteiger partial charge in [0.15, 0.2) is 11.5 Å². The Kier molecular flexibility index (Phi) is 4.72. The van der Waals surface area contributed by atoms with E-state index in [-0.39, 0.29) is 5.69 Å². The quantitative estimate of drug-likeness (QED) is 0.681. The summed E-state index contributed by atoms with van der Waals surface area (Å²) in [6, 6.07) is 8.66. The Morgan fingerprint density at radius 2 is 2.00 bits per heavy atom. The number of fused-ring (bicyclic) bond motifs is 1. The fraction of sp³-hybridized carbons (Fsp3) is 0.211. The number of nitrogens with zero attached hydrogens (tertiary/aromatic N) is 1. The third kappa shape index (κ3) is 3.36. The fourth-order valence-corrected chi connectivity index (χ4v) is 4.77. The standard InChI is InChI=1S/C19H16ClN3O3S/c20-12-7-3-1-5-10(12)14-9-13(23-26-14)18(25)22-19-16(17(21)24)11-6-2-4-8-15(11)27-19/h1,3,5,7,9H,2,4,6,8H2,(H2,21,24)(H,22,25). The zero-order chi connectivity index (χ0) is 19.0. The molecule has 3 N–H and O–H groups in total. The Morgan fingerprint density at radius 3 is 2.78 bits per heavy atom. The molecule has 138 valence electrons. The Labute approximate surface area is 164 Å². The van der Waals surface area contributed by atoms with Gasteiger partial charge in [0.1, 0.15) is 5.00 Å². The molecule has 0 radical (unpaired) electrons. The van der Waals surface area contributed by atoms with Crippen LogP contribution in [0.25, 0.3) is 11.3 Å². The third-order valence-electron chi connectivity index (χ3n) is 4.53. The fourth-order valence-electron chi connectivity index (χ4n) is 3.25. The number of halogens is 1. The number of primary amides is 1. The van der Waals surface area contributed by atoms with Gasteiger partial charge in [-0.15, -0.1) is 11.3 Å². The number of nitrogens with two attached hydrogens (primary N) is 1. The van der Waals surface area contributed by atoms with Crippen LogP contribution in [0.4, 0.5) is 5.00 Å². The smallest absolute Gasteiger partial charge is 0.278 e. The first kappa shape index (κ1) is 17.8. The SMILES string of the molecule is NC(=O)c1c(NC(=O)c2cc(-c3ccccc3Cl)on2)sc2c1CCCC2. The lowest BCUT2D eigenvalue weighted by Crippen LogP contribution is -2.18. The number of benzene rings is 1. The number of carbonyl (C=O) groups is 2. The lowest BCUT2D eigenvalue weighted by molar-refractivity contribution is 0.100. The summed E-state index contributed by atoms with van der Waals surface area (Å²) in [4.78, 5) is 25.7. The average Bonchev–Trinajstić information content (AvgIpc) is 3.26. The molecule has 0 fully saturated rings. The number of amides is 2. The van der Waals surface area contributed by atoms with Crippen LogP contribution in [0.5, 0.6) is 0 Å². The molecule has 0 atom stereocenters. The van der Waals surface area contributed by atoms with E-state index in [2.05, 4.69) is 10.5 Å². The second-order valence-corrected chi connectivity index (χ2v) is 7.80. The normalized spacial score (nSPS) is 13.2. The van der Waals surface area contributed by atoms with Crippen molar-refractivity contribution in [2.75, 3.05) is 5.32 Å². The molecule has 3 aromatic rings. The molecule has 0 saturated heterocycles. The van der Waals surface area contributed by atoms with Crippen LogP contribution in [0.2, 0.25) is 5.02 Å². The predicted octanol–water partition coefficient (Wildman–Crippen LogP) is 4.29. The van der Waals surface area contributed by atoms with Gasteiger partial charge in [-0.25, -0.2) is 0 Å². The number of hydrogen-bond donors (Lipinski definition) is 2. The van der Waals surface area contributed by atoms with E-state index >= 15 is 0 Å². The van der Waals surface area contributed by atoms with Gasteiger partial charge in [-0.3, -0.25) is 9.59 Å². The van der Waals surface area contributed by atoms with Crippen molar-refractivity contribution < 1.29 is 14.1 Å². The average molecular weight is 402 g/mol. The Morgan fingerprint density at radius 1 is 1.22 bits per heavy atom. The molecule has 4 rings (SSSR count). The van der Waals surface area contributed by atoms with Gasteiger partial charge in [-0.2, -0.15) is 0 Å². The van der Waals surface area contributed by atoms with E-state index in [1.807, 2.05) is 6.07 Å². The zero-order valence-corrected chi connectivity index (χ0v) is 15.8. The molecule has 0 spiro atoms. The van der Waals surface area contributed by atoms with Crippen LogP contribution in [-0.2, 0) is 12.8 Å². The van der Waals surface area contributed by atoms with Crippen LogP contribution in [0, 0.1) is 0 Å². The zero-order valence-electron chi connectivity index (χ0n) is 14.3. The second kappa shape index (κ2) is 7.17. The minimum Gasteiger partial charge on any atom is -0.365 e. The summed E-state index contributed by atoms with van der Waals surface area (Å²) in [5.74, 6) is -0.592.